The standard InChI is InChI=1S/C19H25N5O/c1-13(22-19(2)8-9-19)25-15-7-6-14(11-15)16-12-18(24-23-16)21-17-5-3-4-10-20-17/h3-5,10,12,14-15,22H,1,6-9,11H2,2H3,(H2,20,21,23,24)/t14-,15+/m0/s1. The molecule has 25 heavy (non-hydrogen) atoms. The lowest BCUT2D eigenvalue weighted by Crippen LogP contribution is -2.29. The molecule has 0 aliphatic heterocycles. The molecule has 2 saturated carbocycles. The first kappa shape index (κ1) is 16.0. The van der Waals surface area contributed by atoms with Gasteiger partial charge in [-0.2, -0.15) is 5.10 Å². The minimum atomic E-state index is 0.213. The average molecular weight is 339 g/mol. The molecule has 0 spiro atoms. The van der Waals surface area contributed by atoms with Gasteiger partial charge < -0.3 is 15.4 Å². The largest absolute Gasteiger partial charge is 0.476 e. The van der Waals surface area contributed by atoms with Crippen molar-refractivity contribution >= 4 is 11.6 Å². The Morgan fingerprint density at radius 2 is 2.20 bits per heavy atom. The van der Waals surface area contributed by atoms with E-state index in [2.05, 4.69) is 45.4 Å². The molecule has 0 amide bonds. The number of hydrogen-bond donors (Lipinski definition) is 3. The molecule has 0 saturated heterocycles. The van der Waals surface area contributed by atoms with E-state index in [4.69, 9.17) is 4.74 Å². The van der Waals surface area contributed by atoms with Crippen LogP contribution in [0, 0.1) is 0 Å². The van der Waals surface area contributed by atoms with Gasteiger partial charge in [0.25, 0.3) is 0 Å². The molecule has 0 unspecified atom stereocenters. The topological polar surface area (TPSA) is 74.9 Å². The molecule has 2 aromatic rings. The molecule has 4 rings (SSSR count). The normalized spacial score (nSPS) is 23.9. The number of ether oxygens (including phenoxy) is 1. The summed E-state index contributed by atoms with van der Waals surface area (Å²) in [6.07, 6.45) is 7.51. The summed E-state index contributed by atoms with van der Waals surface area (Å²) in [6, 6.07) is 7.84. The summed E-state index contributed by atoms with van der Waals surface area (Å²) in [5.74, 6) is 2.75. The Balaban J connectivity index is 1.30. The van der Waals surface area contributed by atoms with Gasteiger partial charge in [0, 0.05) is 29.4 Å². The molecule has 3 N–H and O–H groups in total. The number of pyridine rings is 1. The molecule has 6 heteroatoms. The van der Waals surface area contributed by atoms with Gasteiger partial charge >= 0.3 is 0 Å². The van der Waals surface area contributed by atoms with Gasteiger partial charge in [-0.15, -0.1) is 0 Å². The molecule has 132 valence electrons. The summed E-state index contributed by atoms with van der Waals surface area (Å²) in [6.45, 7) is 6.23. The van der Waals surface area contributed by atoms with E-state index in [0.717, 1.165) is 36.6 Å². The van der Waals surface area contributed by atoms with E-state index in [1.54, 1.807) is 6.20 Å². The van der Waals surface area contributed by atoms with Crippen molar-refractivity contribution in [1.29, 1.82) is 0 Å². The van der Waals surface area contributed by atoms with Crippen LogP contribution in [0.1, 0.15) is 50.6 Å². The summed E-state index contributed by atoms with van der Waals surface area (Å²) < 4.78 is 6.02. The number of H-pyrrole nitrogens is 1. The minimum absolute atomic E-state index is 0.213. The summed E-state index contributed by atoms with van der Waals surface area (Å²) in [4.78, 5) is 4.26. The van der Waals surface area contributed by atoms with Crippen molar-refractivity contribution in [2.24, 2.45) is 0 Å². The van der Waals surface area contributed by atoms with E-state index < -0.39 is 0 Å². The van der Waals surface area contributed by atoms with Crippen molar-refractivity contribution in [3.8, 4) is 0 Å². The highest BCUT2D eigenvalue weighted by atomic mass is 16.5. The van der Waals surface area contributed by atoms with Gasteiger partial charge in [-0.25, -0.2) is 4.98 Å². The van der Waals surface area contributed by atoms with E-state index in [-0.39, 0.29) is 11.6 Å². The Morgan fingerprint density at radius 3 is 2.96 bits per heavy atom. The zero-order valence-electron chi connectivity index (χ0n) is 14.6. The molecule has 2 atom stereocenters. The predicted octanol–water partition coefficient (Wildman–Crippen LogP) is 3.81. The van der Waals surface area contributed by atoms with Crippen molar-refractivity contribution in [1.82, 2.24) is 20.5 Å². The molecule has 6 nitrogen and oxygen atoms in total. The predicted molar refractivity (Wildman–Crippen MR) is 97.5 cm³/mol. The second kappa shape index (κ2) is 6.43. The van der Waals surface area contributed by atoms with E-state index in [9.17, 15) is 0 Å². The Kier molecular flexibility index (Phi) is 4.11. The first-order valence-electron chi connectivity index (χ1n) is 8.97. The van der Waals surface area contributed by atoms with Crippen molar-refractivity contribution < 1.29 is 4.74 Å². The Bertz CT molecular complexity index is 737. The number of nitrogens with zero attached hydrogens (tertiary/aromatic N) is 2. The van der Waals surface area contributed by atoms with Crippen LogP contribution < -0.4 is 10.6 Å². The molecule has 2 aromatic heterocycles. The third kappa shape index (κ3) is 3.95. The minimum Gasteiger partial charge on any atom is -0.476 e. The number of aromatic nitrogens is 3. The van der Waals surface area contributed by atoms with Gasteiger partial charge in [0.15, 0.2) is 11.7 Å². The first-order chi connectivity index (χ1) is 12.1. The Labute approximate surface area is 148 Å². The lowest BCUT2D eigenvalue weighted by atomic mass is 10.0. The molecule has 2 heterocycles. The van der Waals surface area contributed by atoms with E-state index in [1.807, 2.05) is 18.2 Å². The molecule has 0 aromatic carbocycles. The van der Waals surface area contributed by atoms with E-state index in [1.165, 1.54) is 12.8 Å². The molecule has 0 bridgehead atoms. The lowest BCUT2D eigenvalue weighted by molar-refractivity contribution is 0.102. The molecule has 0 radical (unpaired) electrons. The van der Waals surface area contributed by atoms with Crippen molar-refractivity contribution in [3.63, 3.8) is 0 Å². The molecule has 2 fully saturated rings. The fourth-order valence-corrected chi connectivity index (χ4v) is 3.39. The zero-order valence-corrected chi connectivity index (χ0v) is 14.6. The maximum Gasteiger partial charge on any atom is 0.179 e. The number of rotatable bonds is 7. The zero-order chi connectivity index (χ0) is 17.3. The molecular formula is C19H25N5O. The highest BCUT2D eigenvalue weighted by molar-refractivity contribution is 5.51. The van der Waals surface area contributed by atoms with Crippen LogP contribution in [0.15, 0.2) is 42.9 Å². The van der Waals surface area contributed by atoms with Crippen LogP contribution in [-0.2, 0) is 4.74 Å². The van der Waals surface area contributed by atoms with Crippen molar-refractivity contribution in [2.45, 2.75) is 56.6 Å². The maximum atomic E-state index is 6.02. The molecular weight excluding hydrogens is 314 g/mol. The number of anilines is 2. The summed E-state index contributed by atoms with van der Waals surface area (Å²) in [5, 5.41) is 14.1. The average Bonchev–Trinajstić information content (AvgIpc) is 3.00. The fourth-order valence-electron chi connectivity index (χ4n) is 3.39. The highest BCUT2D eigenvalue weighted by Crippen LogP contribution is 2.38. The van der Waals surface area contributed by atoms with Crippen LogP contribution in [0.4, 0.5) is 11.6 Å². The Morgan fingerprint density at radius 1 is 1.32 bits per heavy atom. The van der Waals surface area contributed by atoms with Crippen LogP contribution in [0.3, 0.4) is 0 Å². The summed E-state index contributed by atoms with van der Waals surface area (Å²) in [5.41, 5.74) is 1.36. The second-order valence-corrected chi connectivity index (χ2v) is 7.41. The van der Waals surface area contributed by atoms with Gasteiger partial charge in [-0.05, 0) is 57.7 Å². The third-order valence-corrected chi connectivity index (χ3v) is 5.09. The molecule has 2 aliphatic carbocycles. The van der Waals surface area contributed by atoms with Crippen LogP contribution in [-0.4, -0.2) is 26.8 Å². The molecule has 2 aliphatic rings. The fraction of sp³-hybridized carbons (Fsp3) is 0.474. The second-order valence-electron chi connectivity index (χ2n) is 7.41. The quantitative estimate of drug-likeness (QED) is 0.669. The van der Waals surface area contributed by atoms with Crippen LogP contribution in [0.2, 0.25) is 0 Å². The number of nitrogens with one attached hydrogen (secondary N) is 3. The third-order valence-electron chi connectivity index (χ3n) is 5.09. The monoisotopic (exact) mass is 339 g/mol. The SMILES string of the molecule is C=C(NC1(C)CC1)O[C@@H]1CC[C@H](c2cc(Nc3ccccn3)n[nH]2)C1. The van der Waals surface area contributed by atoms with E-state index in [0.29, 0.717) is 11.8 Å². The van der Waals surface area contributed by atoms with Gasteiger partial charge in [-0.3, -0.25) is 5.10 Å². The van der Waals surface area contributed by atoms with Crippen molar-refractivity contribution in [2.75, 3.05) is 5.32 Å². The first-order valence-corrected chi connectivity index (χ1v) is 8.97. The number of hydrogen-bond acceptors (Lipinski definition) is 5. The van der Waals surface area contributed by atoms with Crippen LogP contribution in [0.5, 0.6) is 0 Å². The van der Waals surface area contributed by atoms with Gasteiger partial charge in [0.1, 0.15) is 11.9 Å². The van der Waals surface area contributed by atoms with Gasteiger partial charge in [0.05, 0.1) is 0 Å². The number of aromatic amines is 1. The van der Waals surface area contributed by atoms with Gasteiger partial charge in [-0.1, -0.05) is 6.07 Å². The van der Waals surface area contributed by atoms with Crippen molar-refractivity contribution in [3.05, 3.63) is 48.6 Å². The van der Waals surface area contributed by atoms with Crippen LogP contribution >= 0.6 is 0 Å². The highest BCUT2D eigenvalue weighted by Gasteiger charge is 2.38. The van der Waals surface area contributed by atoms with Crippen LogP contribution in [0.25, 0.3) is 0 Å². The maximum absolute atomic E-state index is 6.02. The van der Waals surface area contributed by atoms with E-state index >= 15 is 0 Å². The summed E-state index contributed by atoms with van der Waals surface area (Å²) in [7, 11) is 0. The Hall–Kier alpha value is -2.50. The summed E-state index contributed by atoms with van der Waals surface area (Å²) >= 11 is 0. The lowest BCUT2D eigenvalue weighted by Gasteiger charge is -2.20. The van der Waals surface area contributed by atoms with Gasteiger partial charge in [0.2, 0.25) is 0 Å². The smallest absolute Gasteiger partial charge is 0.179 e.